The Morgan fingerprint density at radius 3 is 2.22 bits per heavy atom. The minimum absolute atomic E-state index is 0.111. The second kappa shape index (κ2) is 16.0. The molecule has 0 saturated carbocycles. The molecule has 0 aliphatic carbocycles. The van der Waals surface area contributed by atoms with Crippen molar-refractivity contribution in [3.8, 4) is 11.5 Å². The molecule has 0 radical (unpaired) electrons. The Hall–Kier alpha value is -3.25. The predicted octanol–water partition coefficient (Wildman–Crippen LogP) is 6.79. The average Bonchev–Trinajstić information content (AvgIpc) is 3.16. The van der Waals surface area contributed by atoms with Gasteiger partial charge in [0, 0.05) is 24.8 Å². The molecule has 1 aliphatic heterocycles. The fourth-order valence-corrected chi connectivity index (χ4v) is 8.50. The van der Waals surface area contributed by atoms with Gasteiger partial charge in [0.05, 0.1) is 30.3 Å². The zero-order valence-electron chi connectivity index (χ0n) is 27.4. The first-order valence-corrected chi connectivity index (χ1v) is 18.4. The van der Waals surface area contributed by atoms with Crippen molar-refractivity contribution in [1.82, 2.24) is 4.31 Å². The van der Waals surface area contributed by atoms with E-state index in [-0.39, 0.29) is 23.8 Å². The molecule has 250 valence electrons. The second-order valence-corrected chi connectivity index (χ2v) is 14.2. The monoisotopic (exact) mass is 670 g/mol. The van der Waals surface area contributed by atoms with Crippen molar-refractivity contribution in [3.05, 3.63) is 72.3 Å². The van der Waals surface area contributed by atoms with E-state index < -0.39 is 27.6 Å². The standard InChI is InChI=1S/C35H46N2O7S2/c1-6-8-19-35(20-9-7-2)25-36(27-13-11-10-12-14-27)29-21-32(45-5)31(44-24-30(38)34(39)43-4)22-33(29)46(40,41)37(35)23-26-15-17-28(42-3)18-16-26/h10-18,21-22,30,38H,6-9,19-20,23-25H2,1-5H3. The van der Waals surface area contributed by atoms with Crippen LogP contribution in [-0.4, -0.2) is 69.1 Å². The number of methoxy groups -OCH3 is 2. The number of carbonyl (C=O) groups is 1. The zero-order valence-corrected chi connectivity index (χ0v) is 29.0. The number of rotatable bonds is 15. The Morgan fingerprint density at radius 2 is 1.65 bits per heavy atom. The summed E-state index contributed by atoms with van der Waals surface area (Å²) in [4.78, 5) is 14.8. The summed E-state index contributed by atoms with van der Waals surface area (Å²) < 4.78 is 48.1. The first kappa shape index (κ1) is 35.6. The van der Waals surface area contributed by atoms with Crippen molar-refractivity contribution >= 4 is 39.1 Å². The molecule has 46 heavy (non-hydrogen) atoms. The summed E-state index contributed by atoms with van der Waals surface area (Å²) in [7, 11) is -1.34. The molecule has 1 atom stereocenters. The molecule has 1 unspecified atom stereocenters. The molecule has 0 amide bonds. The number of anilines is 2. The van der Waals surface area contributed by atoms with Gasteiger partial charge in [-0.15, -0.1) is 11.8 Å². The highest BCUT2D eigenvalue weighted by Gasteiger charge is 2.49. The number of unbranched alkanes of at least 4 members (excludes halogenated alkanes) is 2. The molecular weight excluding hydrogens is 625 g/mol. The smallest absolute Gasteiger partial charge is 0.338 e. The molecule has 0 saturated heterocycles. The number of hydrogen-bond acceptors (Lipinski definition) is 9. The minimum Gasteiger partial charge on any atom is -0.497 e. The quantitative estimate of drug-likeness (QED) is 0.138. The molecule has 11 heteroatoms. The van der Waals surface area contributed by atoms with Crippen molar-refractivity contribution < 1.29 is 32.5 Å². The molecule has 1 aliphatic rings. The number of ether oxygens (including phenoxy) is 3. The lowest BCUT2D eigenvalue weighted by Crippen LogP contribution is -2.55. The van der Waals surface area contributed by atoms with Crippen LogP contribution in [0.5, 0.6) is 11.5 Å². The van der Waals surface area contributed by atoms with E-state index in [0.29, 0.717) is 35.7 Å². The molecule has 0 bridgehead atoms. The number of para-hydroxylation sites is 1. The van der Waals surface area contributed by atoms with Crippen LogP contribution < -0.4 is 14.4 Å². The number of aliphatic hydroxyl groups excluding tert-OH is 1. The van der Waals surface area contributed by atoms with Gasteiger partial charge in [-0.25, -0.2) is 13.2 Å². The Bertz CT molecular complexity index is 1540. The van der Waals surface area contributed by atoms with E-state index in [0.717, 1.165) is 36.9 Å². The van der Waals surface area contributed by atoms with Crippen molar-refractivity contribution in [1.29, 1.82) is 0 Å². The topological polar surface area (TPSA) is 106 Å². The molecule has 1 N–H and O–H groups in total. The highest BCUT2D eigenvalue weighted by atomic mass is 32.2. The summed E-state index contributed by atoms with van der Waals surface area (Å²) >= 11 is 1.40. The first-order valence-electron chi connectivity index (χ1n) is 15.7. The molecule has 3 aromatic carbocycles. The zero-order chi connectivity index (χ0) is 33.3. The number of carbonyl (C=O) groups excluding carboxylic acids is 1. The van der Waals surface area contributed by atoms with Gasteiger partial charge in [-0.3, -0.25) is 0 Å². The van der Waals surface area contributed by atoms with Gasteiger partial charge >= 0.3 is 5.97 Å². The van der Waals surface area contributed by atoms with Gasteiger partial charge in [-0.2, -0.15) is 4.31 Å². The molecule has 4 rings (SSSR count). The van der Waals surface area contributed by atoms with Crippen molar-refractivity contribution in [2.24, 2.45) is 0 Å². The van der Waals surface area contributed by atoms with Gasteiger partial charge in [0.15, 0.2) is 6.10 Å². The van der Waals surface area contributed by atoms with Crippen LogP contribution in [0.1, 0.15) is 57.9 Å². The molecular formula is C35H46N2O7S2. The van der Waals surface area contributed by atoms with Crippen molar-refractivity contribution in [2.75, 3.05) is 38.5 Å². The Morgan fingerprint density at radius 1 is 1.00 bits per heavy atom. The van der Waals surface area contributed by atoms with Crippen LogP contribution in [0.25, 0.3) is 0 Å². The molecule has 0 spiro atoms. The van der Waals surface area contributed by atoms with Crippen LogP contribution >= 0.6 is 11.8 Å². The fourth-order valence-electron chi connectivity index (χ4n) is 5.96. The first-order chi connectivity index (χ1) is 22.1. The number of thioether (sulfide) groups is 1. The van der Waals surface area contributed by atoms with Gasteiger partial charge in [-0.1, -0.05) is 69.9 Å². The Kier molecular flexibility index (Phi) is 12.4. The number of esters is 1. The van der Waals surface area contributed by atoms with Crippen LogP contribution in [0.2, 0.25) is 0 Å². The Balaban J connectivity index is 1.98. The van der Waals surface area contributed by atoms with Crippen LogP contribution in [0.4, 0.5) is 11.4 Å². The Labute approximate surface area is 277 Å². The molecule has 1 heterocycles. The number of nitrogens with zero attached hydrogens (tertiary/aromatic N) is 2. The van der Waals surface area contributed by atoms with Crippen LogP contribution in [0.15, 0.2) is 76.5 Å². The van der Waals surface area contributed by atoms with Gasteiger partial charge in [0.2, 0.25) is 10.0 Å². The maximum Gasteiger partial charge on any atom is 0.338 e. The van der Waals surface area contributed by atoms with Gasteiger partial charge in [-0.05, 0) is 55.0 Å². The van der Waals surface area contributed by atoms with Gasteiger partial charge < -0.3 is 24.2 Å². The van der Waals surface area contributed by atoms with Gasteiger partial charge in [0.25, 0.3) is 0 Å². The van der Waals surface area contributed by atoms with E-state index in [2.05, 4.69) is 23.5 Å². The van der Waals surface area contributed by atoms with Crippen LogP contribution in [0, 0.1) is 0 Å². The number of fused-ring (bicyclic) bond motifs is 1. The lowest BCUT2D eigenvalue weighted by atomic mass is 9.85. The van der Waals surface area contributed by atoms with Crippen molar-refractivity contribution in [2.45, 2.75) is 80.4 Å². The van der Waals surface area contributed by atoms with Gasteiger partial charge in [0.1, 0.15) is 23.0 Å². The normalized spacial score (nSPS) is 16.3. The summed E-state index contributed by atoms with van der Waals surface area (Å²) in [6.07, 6.45) is 5.35. The van der Waals surface area contributed by atoms with E-state index in [1.54, 1.807) is 17.5 Å². The maximum absolute atomic E-state index is 15.2. The van der Waals surface area contributed by atoms with E-state index in [4.69, 9.17) is 9.47 Å². The van der Waals surface area contributed by atoms with Crippen LogP contribution in [-0.2, 0) is 26.1 Å². The van der Waals surface area contributed by atoms with E-state index in [1.807, 2.05) is 66.9 Å². The molecule has 3 aromatic rings. The third kappa shape index (κ3) is 7.82. The number of aliphatic hydroxyl groups is 1. The predicted molar refractivity (Wildman–Crippen MR) is 183 cm³/mol. The number of sulfonamides is 1. The van der Waals surface area contributed by atoms with E-state index in [9.17, 15) is 9.90 Å². The van der Waals surface area contributed by atoms with Crippen LogP contribution in [0.3, 0.4) is 0 Å². The van der Waals surface area contributed by atoms with E-state index >= 15 is 8.42 Å². The number of hydrogen-bond donors (Lipinski definition) is 1. The van der Waals surface area contributed by atoms with Crippen molar-refractivity contribution in [3.63, 3.8) is 0 Å². The highest BCUT2D eigenvalue weighted by molar-refractivity contribution is 7.98. The van der Waals surface area contributed by atoms with E-state index in [1.165, 1.54) is 18.9 Å². The molecule has 9 nitrogen and oxygen atoms in total. The summed E-state index contributed by atoms with van der Waals surface area (Å²) in [5.74, 6) is 0.141. The SMILES string of the molecule is CCCCC1(CCCC)CN(c2ccccc2)c2cc(SC)c(OCC(O)C(=O)OC)cc2S(=O)(=O)N1Cc1ccc(OC)cc1. The molecule has 0 aromatic heterocycles. The third-order valence-corrected chi connectivity index (χ3v) is 11.2. The lowest BCUT2D eigenvalue weighted by molar-refractivity contribution is -0.151. The second-order valence-electron chi connectivity index (χ2n) is 11.5. The lowest BCUT2D eigenvalue weighted by Gasteiger charge is -2.44. The number of benzene rings is 3. The molecule has 0 fully saturated rings. The summed E-state index contributed by atoms with van der Waals surface area (Å²) in [5, 5.41) is 10.2. The third-order valence-electron chi connectivity index (χ3n) is 8.50. The minimum atomic E-state index is -4.13. The summed E-state index contributed by atoms with van der Waals surface area (Å²) in [5.41, 5.74) is 1.59. The average molecular weight is 671 g/mol. The summed E-state index contributed by atoms with van der Waals surface area (Å²) in [6.45, 7) is 4.53. The highest BCUT2D eigenvalue weighted by Crippen LogP contribution is 2.48. The summed E-state index contributed by atoms with van der Waals surface area (Å²) in [6, 6.07) is 20.8. The fraction of sp³-hybridized carbons (Fsp3) is 0.457. The largest absolute Gasteiger partial charge is 0.497 e. The maximum atomic E-state index is 15.2.